The molecule has 108 valence electrons. The van der Waals surface area contributed by atoms with Crippen LogP contribution in [0, 0.1) is 6.92 Å². The monoisotopic (exact) mass is 355 g/mol. The standard InChI is InChI=1S/C15H19BrClN3/c1-4-7-18-10(2)13-8-12(16)5-6-15(13)20-9-14(17)11(3)19-20/h5-6,8-10,18H,4,7H2,1-3H3. The Labute approximate surface area is 133 Å². The summed E-state index contributed by atoms with van der Waals surface area (Å²) in [7, 11) is 0. The van der Waals surface area contributed by atoms with E-state index in [-0.39, 0.29) is 6.04 Å². The summed E-state index contributed by atoms with van der Waals surface area (Å²) in [4.78, 5) is 0. The quantitative estimate of drug-likeness (QED) is 0.844. The minimum atomic E-state index is 0.255. The van der Waals surface area contributed by atoms with Crippen LogP contribution < -0.4 is 5.32 Å². The molecule has 1 N–H and O–H groups in total. The van der Waals surface area contributed by atoms with Crippen molar-refractivity contribution in [3.63, 3.8) is 0 Å². The molecule has 1 atom stereocenters. The van der Waals surface area contributed by atoms with Crippen LogP contribution in [0.3, 0.4) is 0 Å². The average molecular weight is 357 g/mol. The molecule has 0 amide bonds. The van der Waals surface area contributed by atoms with Crippen molar-refractivity contribution in [2.24, 2.45) is 0 Å². The maximum Gasteiger partial charge on any atom is 0.0819 e. The first-order chi connectivity index (χ1) is 9.52. The predicted octanol–water partition coefficient (Wildman–Crippen LogP) is 4.66. The summed E-state index contributed by atoms with van der Waals surface area (Å²) in [5, 5.41) is 8.68. The predicted molar refractivity (Wildman–Crippen MR) is 87.7 cm³/mol. The van der Waals surface area contributed by atoms with Crippen molar-refractivity contribution in [1.29, 1.82) is 0 Å². The van der Waals surface area contributed by atoms with Gasteiger partial charge in [-0.3, -0.25) is 0 Å². The lowest BCUT2D eigenvalue weighted by atomic mass is 10.1. The highest BCUT2D eigenvalue weighted by Gasteiger charge is 2.14. The summed E-state index contributed by atoms with van der Waals surface area (Å²) < 4.78 is 2.92. The van der Waals surface area contributed by atoms with Crippen molar-refractivity contribution in [1.82, 2.24) is 15.1 Å². The van der Waals surface area contributed by atoms with Gasteiger partial charge in [-0.2, -0.15) is 5.10 Å². The van der Waals surface area contributed by atoms with Gasteiger partial charge < -0.3 is 5.32 Å². The van der Waals surface area contributed by atoms with E-state index in [2.05, 4.69) is 52.3 Å². The molecule has 0 spiro atoms. The van der Waals surface area contributed by atoms with Crippen molar-refractivity contribution in [2.45, 2.75) is 33.2 Å². The first-order valence-corrected chi connectivity index (χ1v) is 7.95. The van der Waals surface area contributed by atoms with Gasteiger partial charge in [0.2, 0.25) is 0 Å². The van der Waals surface area contributed by atoms with Gasteiger partial charge in [0.25, 0.3) is 0 Å². The Morgan fingerprint density at radius 1 is 1.45 bits per heavy atom. The third-order valence-corrected chi connectivity index (χ3v) is 4.11. The second-order valence-corrected chi connectivity index (χ2v) is 6.21. The van der Waals surface area contributed by atoms with Crippen molar-refractivity contribution >= 4 is 27.5 Å². The van der Waals surface area contributed by atoms with E-state index in [0.29, 0.717) is 5.02 Å². The minimum absolute atomic E-state index is 0.255. The second-order valence-electron chi connectivity index (χ2n) is 4.89. The highest BCUT2D eigenvalue weighted by atomic mass is 79.9. The van der Waals surface area contributed by atoms with E-state index in [4.69, 9.17) is 11.6 Å². The Morgan fingerprint density at radius 2 is 2.20 bits per heavy atom. The minimum Gasteiger partial charge on any atom is -0.310 e. The molecule has 0 radical (unpaired) electrons. The molecular weight excluding hydrogens is 338 g/mol. The zero-order chi connectivity index (χ0) is 14.7. The third kappa shape index (κ3) is 3.43. The highest BCUT2D eigenvalue weighted by Crippen LogP contribution is 2.27. The molecule has 0 saturated carbocycles. The van der Waals surface area contributed by atoms with Crippen LogP contribution in [0.1, 0.15) is 37.6 Å². The van der Waals surface area contributed by atoms with Crippen molar-refractivity contribution in [3.8, 4) is 5.69 Å². The molecule has 0 aliphatic carbocycles. The van der Waals surface area contributed by atoms with Crippen LogP contribution in [-0.4, -0.2) is 16.3 Å². The Morgan fingerprint density at radius 3 is 2.80 bits per heavy atom. The van der Waals surface area contributed by atoms with Crippen molar-refractivity contribution in [2.75, 3.05) is 6.54 Å². The molecule has 0 saturated heterocycles. The molecular formula is C15H19BrClN3. The van der Waals surface area contributed by atoms with Gasteiger partial charge in [0.15, 0.2) is 0 Å². The fourth-order valence-electron chi connectivity index (χ4n) is 2.11. The number of aromatic nitrogens is 2. The fourth-order valence-corrected chi connectivity index (χ4v) is 2.62. The van der Waals surface area contributed by atoms with Gasteiger partial charge in [0.1, 0.15) is 0 Å². The number of hydrogen-bond acceptors (Lipinski definition) is 2. The number of nitrogens with zero attached hydrogens (tertiary/aromatic N) is 2. The van der Waals surface area contributed by atoms with Gasteiger partial charge in [-0.05, 0) is 50.6 Å². The Balaban J connectivity index is 2.42. The number of halogens is 2. The maximum atomic E-state index is 6.12. The normalized spacial score (nSPS) is 12.7. The topological polar surface area (TPSA) is 29.9 Å². The molecule has 0 aliphatic heterocycles. The molecule has 2 rings (SSSR count). The number of nitrogens with one attached hydrogen (secondary N) is 1. The smallest absolute Gasteiger partial charge is 0.0819 e. The largest absolute Gasteiger partial charge is 0.310 e. The van der Waals surface area contributed by atoms with E-state index in [1.165, 1.54) is 5.56 Å². The SMILES string of the molecule is CCCNC(C)c1cc(Br)ccc1-n1cc(Cl)c(C)n1. The van der Waals surface area contributed by atoms with Crippen LogP contribution in [0.5, 0.6) is 0 Å². The summed E-state index contributed by atoms with van der Waals surface area (Å²) in [6.45, 7) is 7.24. The van der Waals surface area contributed by atoms with E-state index in [0.717, 1.165) is 28.8 Å². The molecule has 1 unspecified atom stereocenters. The van der Waals surface area contributed by atoms with E-state index >= 15 is 0 Å². The third-order valence-electron chi connectivity index (χ3n) is 3.24. The van der Waals surface area contributed by atoms with Crippen LogP contribution >= 0.6 is 27.5 Å². The lowest BCUT2D eigenvalue weighted by Crippen LogP contribution is -2.21. The maximum absolute atomic E-state index is 6.12. The molecule has 0 fully saturated rings. The van der Waals surface area contributed by atoms with Crippen LogP contribution in [0.2, 0.25) is 5.02 Å². The summed E-state index contributed by atoms with van der Waals surface area (Å²) >= 11 is 9.66. The molecule has 0 bridgehead atoms. The summed E-state index contributed by atoms with van der Waals surface area (Å²) in [6, 6.07) is 6.47. The number of rotatable bonds is 5. The highest BCUT2D eigenvalue weighted by molar-refractivity contribution is 9.10. The molecule has 1 heterocycles. The molecule has 3 nitrogen and oxygen atoms in total. The summed E-state index contributed by atoms with van der Waals surface area (Å²) in [5.41, 5.74) is 3.10. The lowest BCUT2D eigenvalue weighted by molar-refractivity contribution is 0.566. The molecule has 0 aliphatic rings. The van der Waals surface area contributed by atoms with Gasteiger partial charge in [0.05, 0.1) is 16.4 Å². The molecule has 1 aromatic carbocycles. The van der Waals surface area contributed by atoms with Gasteiger partial charge in [-0.15, -0.1) is 0 Å². The van der Waals surface area contributed by atoms with Gasteiger partial charge in [-0.25, -0.2) is 4.68 Å². The molecule has 20 heavy (non-hydrogen) atoms. The van der Waals surface area contributed by atoms with E-state index in [1.54, 1.807) is 0 Å². The average Bonchev–Trinajstić information content (AvgIpc) is 2.75. The van der Waals surface area contributed by atoms with Crippen LogP contribution in [0.15, 0.2) is 28.9 Å². The number of aryl methyl sites for hydroxylation is 1. The van der Waals surface area contributed by atoms with Gasteiger partial charge in [0, 0.05) is 16.7 Å². The van der Waals surface area contributed by atoms with E-state index in [9.17, 15) is 0 Å². The number of hydrogen-bond donors (Lipinski definition) is 1. The fraction of sp³-hybridized carbons (Fsp3) is 0.400. The zero-order valence-corrected chi connectivity index (χ0v) is 14.3. The van der Waals surface area contributed by atoms with Crippen molar-refractivity contribution in [3.05, 3.63) is 45.1 Å². The Bertz CT molecular complexity index is 575. The van der Waals surface area contributed by atoms with Crippen LogP contribution in [0.4, 0.5) is 0 Å². The molecule has 2 aromatic rings. The summed E-state index contributed by atoms with van der Waals surface area (Å²) in [6.07, 6.45) is 2.97. The molecule has 1 aromatic heterocycles. The first kappa shape index (κ1) is 15.5. The number of benzene rings is 1. The second kappa shape index (κ2) is 6.74. The Kier molecular flexibility index (Phi) is 5.24. The first-order valence-electron chi connectivity index (χ1n) is 6.78. The van der Waals surface area contributed by atoms with Crippen molar-refractivity contribution < 1.29 is 0 Å². The zero-order valence-electron chi connectivity index (χ0n) is 12.0. The van der Waals surface area contributed by atoms with Gasteiger partial charge in [-0.1, -0.05) is 34.5 Å². The molecule has 5 heteroatoms. The van der Waals surface area contributed by atoms with E-state index in [1.807, 2.05) is 23.9 Å². The Hall–Kier alpha value is -0.840. The van der Waals surface area contributed by atoms with Crippen LogP contribution in [0.25, 0.3) is 5.69 Å². The van der Waals surface area contributed by atoms with E-state index < -0.39 is 0 Å². The van der Waals surface area contributed by atoms with Gasteiger partial charge >= 0.3 is 0 Å². The lowest BCUT2D eigenvalue weighted by Gasteiger charge is -2.18. The van der Waals surface area contributed by atoms with Crippen LogP contribution in [-0.2, 0) is 0 Å². The summed E-state index contributed by atoms with van der Waals surface area (Å²) in [5.74, 6) is 0.